The molecule has 2 aromatic carbocycles. The van der Waals surface area contributed by atoms with Crippen molar-refractivity contribution in [1.82, 2.24) is 0 Å². The van der Waals surface area contributed by atoms with Gasteiger partial charge in [-0.25, -0.2) is 0 Å². The van der Waals surface area contributed by atoms with Gasteiger partial charge in [-0.2, -0.15) is 0 Å². The highest BCUT2D eigenvalue weighted by molar-refractivity contribution is 7.99. The highest BCUT2D eigenvalue weighted by Gasteiger charge is 2.21. The van der Waals surface area contributed by atoms with E-state index in [-0.39, 0.29) is 5.91 Å². The lowest BCUT2D eigenvalue weighted by atomic mass is 10.0. The second kappa shape index (κ2) is 6.88. The Morgan fingerprint density at radius 3 is 2.77 bits per heavy atom. The van der Waals surface area contributed by atoms with Crippen molar-refractivity contribution >= 4 is 29.0 Å². The molecule has 114 valence electrons. The average Bonchev–Trinajstić information content (AvgIpc) is 2.56. The minimum Gasteiger partial charge on any atom is -0.398 e. The predicted molar refractivity (Wildman–Crippen MR) is 93.3 cm³/mol. The third-order valence-corrected chi connectivity index (χ3v) is 4.99. The quantitative estimate of drug-likeness (QED) is 0.691. The fraction of sp³-hybridized carbons (Fsp3) is 0.278. The van der Waals surface area contributed by atoms with E-state index >= 15 is 0 Å². The summed E-state index contributed by atoms with van der Waals surface area (Å²) < 4.78 is 0. The molecule has 0 saturated heterocycles. The van der Waals surface area contributed by atoms with Crippen LogP contribution < -0.4 is 10.6 Å². The molecule has 22 heavy (non-hydrogen) atoms. The van der Waals surface area contributed by atoms with E-state index in [4.69, 9.17) is 5.73 Å². The molecule has 0 atom stereocenters. The summed E-state index contributed by atoms with van der Waals surface area (Å²) in [6.45, 7) is 0.827. The Balaban J connectivity index is 1.60. The van der Waals surface area contributed by atoms with Gasteiger partial charge >= 0.3 is 0 Å². The smallest absolute Gasteiger partial charge is 0.227 e. The summed E-state index contributed by atoms with van der Waals surface area (Å²) in [5.74, 6) is 0.959. The molecule has 3 nitrogen and oxygen atoms in total. The van der Waals surface area contributed by atoms with Crippen LogP contribution in [0.5, 0.6) is 0 Å². The average molecular weight is 312 g/mol. The van der Waals surface area contributed by atoms with Crippen LogP contribution in [-0.2, 0) is 11.2 Å². The van der Waals surface area contributed by atoms with Gasteiger partial charge in [-0.3, -0.25) is 4.79 Å². The number of rotatable bonds is 4. The number of para-hydroxylation sites is 2. The zero-order valence-electron chi connectivity index (χ0n) is 12.5. The molecule has 1 amide bonds. The normalized spacial score (nSPS) is 13.7. The van der Waals surface area contributed by atoms with E-state index in [0.29, 0.717) is 6.42 Å². The van der Waals surface area contributed by atoms with E-state index in [1.807, 2.05) is 41.3 Å². The summed E-state index contributed by atoms with van der Waals surface area (Å²) in [7, 11) is 0. The van der Waals surface area contributed by atoms with E-state index in [1.165, 1.54) is 5.56 Å². The van der Waals surface area contributed by atoms with Crippen molar-refractivity contribution in [3.8, 4) is 0 Å². The monoisotopic (exact) mass is 312 g/mol. The van der Waals surface area contributed by atoms with Gasteiger partial charge in [0.15, 0.2) is 0 Å². The van der Waals surface area contributed by atoms with Gasteiger partial charge in [-0.1, -0.05) is 30.3 Å². The van der Waals surface area contributed by atoms with Crippen LogP contribution in [0.25, 0.3) is 0 Å². The maximum absolute atomic E-state index is 12.5. The molecule has 0 spiro atoms. The molecule has 2 N–H and O–H groups in total. The van der Waals surface area contributed by atoms with E-state index in [0.717, 1.165) is 41.4 Å². The predicted octanol–water partition coefficient (Wildman–Crippen LogP) is 3.73. The number of hydrogen-bond acceptors (Lipinski definition) is 3. The molecule has 0 bridgehead atoms. The highest BCUT2D eigenvalue weighted by atomic mass is 32.2. The van der Waals surface area contributed by atoms with Gasteiger partial charge in [0, 0.05) is 35.0 Å². The molecule has 0 aliphatic carbocycles. The fourth-order valence-electron chi connectivity index (χ4n) is 2.79. The van der Waals surface area contributed by atoms with E-state index in [2.05, 4.69) is 12.1 Å². The molecule has 1 aliphatic heterocycles. The van der Waals surface area contributed by atoms with Crippen molar-refractivity contribution in [3.63, 3.8) is 0 Å². The Labute approximate surface area is 135 Å². The van der Waals surface area contributed by atoms with Crippen molar-refractivity contribution in [3.05, 3.63) is 54.1 Å². The van der Waals surface area contributed by atoms with Crippen molar-refractivity contribution in [2.45, 2.75) is 24.2 Å². The van der Waals surface area contributed by atoms with E-state index in [1.54, 1.807) is 11.8 Å². The lowest BCUT2D eigenvalue weighted by Crippen LogP contribution is -2.35. The van der Waals surface area contributed by atoms with Crippen molar-refractivity contribution < 1.29 is 4.79 Å². The molecule has 0 saturated carbocycles. The first kappa shape index (κ1) is 15.0. The first-order valence-corrected chi connectivity index (χ1v) is 8.60. The molecular weight excluding hydrogens is 292 g/mol. The molecular formula is C18H20N2OS. The summed E-state index contributed by atoms with van der Waals surface area (Å²) in [6, 6.07) is 16.0. The zero-order chi connectivity index (χ0) is 15.4. The maximum Gasteiger partial charge on any atom is 0.227 e. The second-order valence-electron chi connectivity index (χ2n) is 5.41. The lowest BCUT2D eigenvalue weighted by Gasteiger charge is -2.29. The van der Waals surface area contributed by atoms with Gasteiger partial charge in [0.1, 0.15) is 0 Å². The number of carbonyl (C=O) groups is 1. The van der Waals surface area contributed by atoms with Crippen molar-refractivity contribution in [2.75, 3.05) is 22.9 Å². The molecule has 2 aromatic rings. The number of fused-ring (bicyclic) bond motifs is 1. The number of carbonyl (C=O) groups excluding carboxylic acids is 1. The Kier molecular flexibility index (Phi) is 4.68. The van der Waals surface area contributed by atoms with E-state index in [9.17, 15) is 4.79 Å². The summed E-state index contributed by atoms with van der Waals surface area (Å²) >= 11 is 1.65. The number of nitrogen functional groups attached to an aromatic ring is 1. The van der Waals surface area contributed by atoms with Crippen LogP contribution >= 0.6 is 11.8 Å². The summed E-state index contributed by atoms with van der Waals surface area (Å²) in [6.07, 6.45) is 2.64. The number of nitrogens with zero attached hydrogens (tertiary/aromatic N) is 1. The minimum absolute atomic E-state index is 0.203. The number of amides is 1. The Morgan fingerprint density at radius 1 is 1.14 bits per heavy atom. The van der Waals surface area contributed by atoms with Crippen molar-refractivity contribution in [1.29, 1.82) is 0 Å². The number of hydrogen-bond donors (Lipinski definition) is 1. The molecule has 4 heteroatoms. The van der Waals surface area contributed by atoms with Gasteiger partial charge in [0.05, 0.1) is 0 Å². The number of anilines is 2. The van der Waals surface area contributed by atoms with Gasteiger partial charge in [-0.15, -0.1) is 11.8 Å². The summed E-state index contributed by atoms with van der Waals surface area (Å²) in [5.41, 5.74) is 9.07. The first-order chi connectivity index (χ1) is 10.8. The molecule has 3 rings (SSSR count). The number of nitrogens with two attached hydrogens (primary N) is 1. The maximum atomic E-state index is 12.5. The third-order valence-electron chi connectivity index (χ3n) is 3.90. The molecule has 0 aromatic heterocycles. The zero-order valence-corrected chi connectivity index (χ0v) is 13.3. The topological polar surface area (TPSA) is 46.3 Å². The molecule has 0 unspecified atom stereocenters. The summed E-state index contributed by atoms with van der Waals surface area (Å²) in [5, 5.41) is 0. The van der Waals surface area contributed by atoms with Crippen LogP contribution in [0.3, 0.4) is 0 Å². The van der Waals surface area contributed by atoms with Crippen LogP contribution in [0.1, 0.15) is 18.4 Å². The first-order valence-electron chi connectivity index (χ1n) is 7.61. The molecule has 0 fully saturated rings. The van der Waals surface area contributed by atoms with Gasteiger partial charge in [0.2, 0.25) is 5.91 Å². The standard InChI is InChI=1S/C18H20N2OS/c19-15-8-2-4-10-17(15)22-13-11-18(21)20-12-5-7-14-6-1-3-9-16(14)20/h1-4,6,8-10H,5,7,11-13,19H2. The number of benzene rings is 2. The van der Waals surface area contributed by atoms with Crippen LogP contribution in [0.2, 0.25) is 0 Å². The lowest BCUT2D eigenvalue weighted by molar-refractivity contribution is -0.118. The molecule has 1 aliphatic rings. The number of aryl methyl sites for hydroxylation is 1. The van der Waals surface area contributed by atoms with Crippen molar-refractivity contribution in [2.24, 2.45) is 0 Å². The van der Waals surface area contributed by atoms with Crippen LogP contribution in [0, 0.1) is 0 Å². The van der Waals surface area contributed by atoms with Crippen LogP contribution in [0.15, 0.2) is 53.4 Å². The van der Waals surface area contributed by atoms with Crippen LogP contribution in [0.4, 0.5) is 11.4 Å². The van der Waals surface area contributed by atoms with Crippen LogP contribution in [-0.4, -0.2) is 18.2 Å². The third kappa shape index (κ3) is 3.28. The Bertz CT molecular complexity index is 672. The van der Waals surface area contributed by atoms with E-state index < -0.39 is 0 Å². The molecule has 1 heterocycles. The fourth-order valence-corrected chi connectivity index (χ4v) is 3.69. The Morgan fingerprint density at radius 2 is 1.91 bits per heavy atom. The second-order valence-corrected chi connectivity index (χ2v) is 6.55. The van der Waals surface area contributed by atoms with Gasteiger partial charge in [-0.05, 0) is 36.6 Å². The number of thioether (sulfide) groups is 1. The SMILES string of the molecule is Nc1ccccc1SCCC(=O)N1CCCc2ccccc21. The molecule has 0 radical (unpaired) electrons. The minimum atomic E-state index is 0.203. The highest BCUT2D eigenvalue weighted by Crippen LogP contribution is 2.29. The summed E-state index contributed by atoms with van der Waals surface area (Å²) in [4.78, 5) is 15.5. The van der Waals surface area contributed by atoms with Gasteiger partial charge < -0.3 is 10.6 Å². The Hall–Kier alpha value is -1.94. The largest absolute Gasteiger partial charge is 0.398 e. The van der Waals surface area contributed by atoms with Gasteiger partial charge in [0.25, 0.3) is 0 Å².